The average Bonchev–Trinajstić information content (AvgIpc) is 2.60. The van der Waals surface area contributed by atoms with E-state index in [0.717, 1.165) is 5.56 Å². The van der Waals surface area contributed by atoms with E-state index < -0.39 is 25.3 Å². The second-order valence-corrected chi connectivity index (χ2v) is 6.56. The molecule has 1 aromatic carbocycles. The van der Waals surface area contributed by atoms with E-state index in [-0.39, 0.29) is 19.0 Å². The highest BCUT2D eigenvalue weighted by Crippen LogP contribution is 2.17. The molecule has 2 amide bonds. The molecule has 1 aromatic rings. The molecule has 0 unspecified atom stereocenters. The van der Waals surface area contributed by atoms with E-state index >= 15 is 0 Å². The molecule has 8 heteroatoms. The van der Waals surface area contributed by atoms with E-state index in [4.69, 9.17) is 0 Å². The summed E-state index contributed by atoms with van der Waals surface area (Å²) in [6, 6.07) is 7.44. The molecule has 1 aliphatic rings. The summed E-state index contributed by atoms with van der Waals surface area (Å²) >= 11 is 0. The first-order chi connectivity index (χ1) is 12.2. The number of benzene rings is 1. The highest BCUT2D eigenvalue weighted by atomic mass is 19.4. The first kappa shape index (κ1) is 20.2. The zero-order chi connectivity index (χ0) is 19.3. The number of carbonyl (C=O) groups is 2. The standard InChI is InChI=1S/C18H23F3N2O3/c1-13(2)14-3-5-15(6-4-14)17(25)23-9-7-22(8-10-23)16(24)11-26-12-18(19,20)21/h3-6,13H,7-12H2,1-2H3. The molecule has 2 rings (SSSR count). The second-order valence-electron chi connectivity index (χ2n) is 6.56. The number of ether oxygens (including phenoxy) is 1. The molecule has 0 aliphatic carbocycles. The Labute approximate surface area is 150 Å². The maximum Gasteiger partial charge on any atom is 0.411 e. The molecule has 0 bridgehead atoms. The van der Waals surface area contributed by atoms with Crippen molar-refractivity contribution in [1.29, 1.82) is 0 Å². The van der Waals surface area contributed by atoms with Gasteiger partial charge in [-0.3, -0.25) is 9.59 Å². The summed E-state index contributed by atoms with van der Waals surface area (Å²) in [6.07, 6.45) is -4.45. The molecule has 26 heavy (non-hydrogen) atoms. The van der Waals surface area contributed by atoms with Crippen molar-refractivity contribution in [3.05, 3.63) is 35.4 Å². The molecule has 144 valence electrons. The number of amides is 2. The largest absolute Gasteiger partial charge is 0.411 e. The number of halogens is 3. The molecule has 0 N–H and O–H groups in total. The number of alkyl halides is 3. The van der Waals surface area contributed by atoms with E-state index in [9.17, 15) is 22.8 Å². The number of hydrogen-bond donors (Lipinski definition) is 0. The van der Waals surface area contributed by atoms with Gasteiger partial charge in [0, 0.05) is 31.7 Å². The Morgan fingerprint density at radius 1 is 1.04 bits per heavy atom. The van der Waals surface area contributed by atoms with Gasteiger partial charge < -0.3 is 14.5 Å². The lowest BCUT2D eigenvalue weighted by Gasteiger charge is -2.34. The van der Waals surface area contributed by atoms with E-state index in [0.29, 0.717) is 24.6 Å². The van der Waals surface area contributed by atoms with Crippen LogP contribution in [-0.2, 0) is 9.53 Å². The van der Waals surface area contributed by atoms with Gasteiger partial charge in [-0.05, 0) is 23.6 Å². The second kappa shape index (κ2) is 8.53. The Kier molecular flexibility index (Phi) is 6.63. The van der Waals surface area contributed by atoms with Crippen molar-refractivity contribution in [1.82, 2.24) is 9.80 Å². The van der Waals surface area contributed by atoms with E-state index in [1.165, 1.54) is 4.90 Å². The molecule has 0 saturated carbocycles. The Morgan fingerprint density at radius 3 is 2.08 bits per heavy atom. The topological polar surface area (TPSA) is 49.9 Å². The maximum absolute atomic E-state index is 12.5. The fraction of sp³-hybridized carbons (Fsp3) is 0.556. The van der Waals surface area contributed by atoms with Crippen LogP contribution >= 0.6 is 0 Å². The lowest BCUT2D eigenvalue weighted by molar-refractivity contribution is -0.178. The third-order valence-electron chi connectivity index (χ3n) is 4.24. The number of rotatable bonds is 5. The monoisotopic (exact) mass is 372 g/mol. The van der Waals surface area contributed by atoms with Gasteiger partial charge in [0.2, 0.25) is 5.91 Å². The van der Waals surface area contributed by atoms with Crippen molar-refractivity contribution in [2.24, 2.45) is 0 Å². The normalized spacial score (nSPS) is 15.5. The summed E-state index contributed by atoms with van der Waals surface area (Å²) < 4.78 is 40.5. The summed E-state index contributed by atoms with van der Waals surface area (Å²) in [7, 11) is 0. The van der Waals surface area contributed by atoms with Crippen LogP contribution in [0.2, 0.25) is 0 Å². The Hall–Kier alpha value is -2.09. The molecular weight excluding hydrogens is 349 g/mol. The third-order valence-corrected chi connectivity index (χ3v) is 4.24. The predicted octanol–water partition coefficient (Wildman–Crippen LogP) is 2.67. The smallest absolute Gasteiger partial charge is 0.362 e. The van der Waals surface area contributed by atoms with Crippen molar-refractivity contribution in [2.45, 2.75) is 25.9 Å². The summed E-state index contributed by atoms with van der Waals surface area (Å²) in [5.74, 6) is -0.225. The SMILES string of the molecule is CC(C)c1ccc(C(=O)N2CCN(C(=O)COCC(F)(F)F)CC2)cc1. The first-order valence-corrected chi connectivity index (χ1v) is 8.49. The van der Waals surface area contributed by atoms with Crippen molar-refractivity contribution in [3.8, 4) is 0 Å². The lowest BCUT2D eigenvalue weighted by Crippen LogP contribution is -2.51. The average molecular weight is 372 g/mol. The van der Waals surface area contributed by atoms with Crippen LogP contribution in [0.5, 0.6) is 0 Å². The number of carbonyl (C=O) groups excluding carboxylic acids is 2. The highest BCUT2D eigenvalue weighted by molar-refractivity contribution is 5.94. The molecule has 0 atom stereocenters. The molecule has 5 nitrogen and oxygen atoms in total. The fourth-order valence-corrected chi connectivity index (χ4v) is 2.70. The van der Waals surface area contributed by atoms with Crippen LogP contribution in [0.4, 0.5) is 13.2 Å². The minimum absolute atomic E-state index is 0.110. The summed E-state index contributed by atoms with van der Waals surface area (Å²) in [5, 5.41) is 0. The summed E-state index contributed by atoms with van der Waals surface area (Å²) in [4.78, 5) is 27.4. The van der Waals surface area contributed by atoms with E-state index in [2.05, 4.69) is 18.6 Å². The summed E-state index contributed by atoms with van der Waals surface area (Å²) in [6.45, 7) is 3.35. The van der Waals surface area contributed by atoms with Gasteiger partial charge in [-0.2, -0.15) is 13.2 Å². The lowest BCUT2D eigenvalue weighted by atomic mass is 10.0. The predicted molar refractivity (Wildman–Crippen MR) is 89.9 cm³/mol. The van der Waals surface area contributed by atoms with Crippen molar-refractivity contribution in [2.75, 3.05) is 39.4 Å². The highest BCUT2D eigenvalue weighted by Gasteiger charge is 2.29. The zero-order valence-corrected chi connectivity index (χ0v) is 14.9. The Balaban J connectivity index is 1.81. The van der Waals surface area contributed by atoms with Crippen LogP contribution in [0.3, 0.4) is 0 Å². The van der Waals surface area contributed by atoms with Crippen LogP contribution in [0, 0.1) is 0 Å². The van der Waals surface area contributed by atoms with Gasteiger partial charge in [-0.15, -0.1) is 0 Å². The number of nitrogens with zero attached hydrogens (tertiary/aromatic N) is 2. The molecule has 1 saturated heterocycles. The minimum Gasteiger partial charge on any atom is -0.362 e. The van der Waals surface area contributed by atoms with Crippen LogP contribution < -0.4 is 0 Å². The number of piperazine rings is 1. The fourth-order valence-electron chi connectivity index (χ4n) is 2.70. The number of hydrogen-bond acceptors (Lipinski definition) is 3. The molecule has 0 spiro atoms. The first-order valence-electron chi connectivity index (χ1n) is 8.49. The Morgan fingerprint density at radius 2 is 1.58 bits per heavy atom. The van der Waals surface area contributed by atoms with Crippen molar-refractivity contribution < 1.29 is 27.5 Å². The summed E-state index contributed by atoms with van der Waals surface area (Å²) in [5.41, 5.74) is 1.73. The van der Waals surface area contributed by atoms with Gasteiger partial charge in [0.1, 0.15) is 13.2 Å². The molecule has 0 radical (unpaired) electrons. The van der Waals surface area contributed by atoms with Crippen molar-refractivity contribution in [3.63, 3.8) is 0 Å². The van der Waals surface area contributed by atoms with Gasteiger partial charge in [-0.25, -0.2) is 0 Å². The van der Waals surface area contributed by atoms with Crippen molar-refractivity contribution >= 4 is 11.8 Å². The minimum atomic E-state index is -4.45. The zero-order valence-electron chi connectivity index (χ0n) is 14.9. The quantitative estimate of drug-likeness (QED) is 0.799. The van der Waals surface area contributed by atoms with Gasteiger partial charge in [0.15, 0.2) is 0 Å². The maximum atomic E-state index is 12.5. The van der Waals surface area contributed by atoms with Gasteiger partial charge in [0.25, 0.3) is 5.91 Å². The molecule has 1 fully saturated rings. The van der Waals surface area contributed by atoms with Crippen LogP contribution in [0.25, 0.3) is 0 Å². The van der Waals surface area contributed by atoms with Gasteiger partial charge >= 0.3 is 6.18 Å². The van der Waals surface area contributed by atoms with Gasteiger partial charge in [0.05, 0.1) is 0 Å². The van der Waals surface area contributed by atoms with Gasteiger partial charge in [-0.1, -0.05) is 26.0 Å². The van der Waals surface area contributed by atoms with Crippen LogP contribution in [0.1, 0.15) is 35.7 Å². The molecule has 1 heterocycles. The molecule has 1 aliphatic heterocycles. The Bertz CT molecular complexity index is 622. The molecule has 0 aromatic heterocycles. The van der Waals surface area contributed by atoms with Crippen LogP contribution in [-0.4, -0.2) is 67.2 Å². The van der Waals surface area contributed by atoms with E-state index in [1.54, 1.807) is 17.0 Å². The van der Waals surface area contributed by atoms with E-state index in [1.807, 2.05) is 12.1 Å². The third kappa shape index (κ3) is 5.72. The molecular formula is C18H23F3N2O3. The van der Waals surface area contributed by atoms with Crippen LogP contribution in [0.15, 0.2) is 24.3 Å².